The second-order valence-corrected chi connectivity index (χ2v) is 8.02. The van der Waals surface area contributed by atoms with E-state index >= 15 is 0 Å². The van der Waals surface area contributed by atoms with Gasteiger partial charge in [0.1, 0.15) is 6.10 Å². The summed E-state index contributed by atoms with van der Waals surface area (Å²) in [5, 5.41) is 30.9. The van der Waals surface area contributed by atoms with E-state index < -0.39 is 47.9 Å². The molecule has 2 bridgehead atoms. The number of carbonyl (C=O) groups is 1. The lowest BCUT2D eigenvalue weighted by Gasteiger charge is -2.35. The number of ether oxygens (including phenoxy) is 4. The monoisotopic (exact) mass is 394 g/mol. The van der Waals surface area contributed by atoms with E-state index in [1.54, 1.807) is 13.0 Å². The summed E-state index contributed by atoms with van der Waals surface area (Å²) in [6.45, 7) is 9.31. The first-order chi connectivity index (χ1) is 13.2. The quantitative estimate of drug-likeness (QED) is 0.270. The van der Waals surface area contributed by atoms with Crippen molar-refractivity contribution in [1.29, 1.82) is 0 Å². The van der Waals surface area contributed by atoms with Crippen molar-refractivity contribution in [3.05, 3.63) is 36.0 Å². The minimum atomic E-state index is -1.54. The van der Waals surface area contributed by atoms with Gasteiger partial charge in [-0.15, -0.1) is 0 Å². The van der Waals surface area contributed by atoms with E-state index in [0.717, 1.165) is 5.57 Å². The maximum absolute atomic E-state index is 12.2. The summed E-state index contributed by atoms with van der Waals surface area (Å²) in [5.41, 5.74) is 0.161. The maximum atomic E-state index is 12.2. The van der Waals surface area contributed by atoms with E-state index in [0.29, 0.717) is 12.0 Å². The van der Waals surface area contributed by atoms with Gasteiger partial charge in [-0.05, 0) is 30.6 Å². The molecule has 0 aromatic heterocycles. The molecule has 7 unspecified atom stereocenters. The van der Waals surface area contributed by atoms with Gasteiger partial charge in [-0.3, -0.25) is 0 Å². The summed E-state index contributed by atoms with van der Waals surface area (Å²) in [6, 6.07) is 0. The van der Waals surface area contributed by atoms with E-state index in [4.69, 9.17) is 18.9 Å². The highest BCUT2D eigenvalue weighted by Gasteiger charge is 2.75. The molecule has 154 valence electrons. The number of fused-ring (bicyclic) bond motifs is 4. The van der Waals surface area contributed by atoms with Crippen molar-refractivity contribution in [2.45, 2.75) is 62.2 Å². The molecule has 3 fully saturated rings. The Morgan fingerprint density at radius 3 is 2.96 bits per heavy atom. The number of esters is 1. The molecule has 5 aliphatic rings. The molecule has 0 radical (unpaired) electrons. The zero-order chi connectivity index (χ0) is 20.3. The number of rotatable bonds is 4. The Morgan fingerprint density at radius 1 is 1.50 bits per heavy atom. The third-order valence-corrected chi connectivity index (χ3v) is 6.30. The van der Waals surface area contributed by atoms with E-state index in [2.05, 4.69) is 13.2 Å². The third-order valence-electron chi connectivity index (χ3n) is 6.30. The van der Waals surface area contributed by atoms with Gasteiger partial charge in [0.15, 0.2) is 11.9 Å². The molecule has 4 heterocycles. The van der Waals surface area contributed by atoms with Crippen molar-refractivity contribution < 1.29 is 39.1 Å². The lowest BCUT2D eigenvalue weighted by atomic mass is 9.80. The van der Waals surface area contributed by atoms with Crippen LogP contribution in [0.2, 0.25) is 0 Å². The standard InChI is InChI=1S/C20H26O8/c1-10(8-21)12(3)26-15-7-19-18(23)25-9-13(4-5-20(19,24)28-19)6-14-16(15)11(2)17(22)27-14/h6,12,14-16,18,21,23-24H,1-2,4-5,7-9H2,3H3. The van der Waals surface area contributed by atoms with Gasteiger partial charge in [-0.25, -0.2) is 4.79 Å². The summed E-state index contributed by atoms with van der Waals surface area (Å²) < 4.78 is 22.9. The third kappa shape index (κ3) is 2.96. The Kier molecular flexibility index (Phi) is 4.77. The van der Waals surface area contributed by atoms with Gasteiger partial charge in [-0.2, -0.15) is 0 Å². The fourth-order valence-electron chi connectivity index (χ4n) is 4.40. The fourth-order valence-corrected chi connectivity index (χ4v) is 4.40. The molecular formula is C20H26O8. The van der Waals surface area contributed by atoms with Crippen molar-refractivity contribution in [2.24, 2.45) is 5.92 Å². The molecule has 28 heavy (non-hydrogen) atoms. The number of hydrogen-bond acceptors (Lipinski definition) is 8. The summed E-state index contributed by atoms with van der Waals surface area (Å²) in [4.78, 5) is 12.2. The van der Waals surface area contributed by atoms with Crippen LogP contribution >= 0.6 is 0 Å². The predicted octanol–water partition coefficient (Wildman–Crippen LogP) is 0.323. The summed E-state index contributed by atoms with van der Waals surface area (Å²) in [7, 11) is 0. The second-order valence-electron chi connectivity index (χ2n) is 8.02. The normalized spacial score (nSPS) is 43.4. The molecule has 8 nitrogen and oxygen atoms in total. The smallest absolute Gasteiger partial charge is 0.334 e. The second kappa shape index (κ2) is 6.76. The molecule has 4 aliphatic heterocycles. The van der Waals surface area contributed by atoms with Crippen LogP contribution in [-0.2, 0) is 23.7 Å². The van der Waals surface area contributed by atoms with Crippen LogP contribution in [0.4, 0.5) is 0 Å². The Morgan fingerprint density at radius 2 is 2.25 bits per heavy atom. The summed E-state index contributed by atoms with van der Waals surface area (Å²) in [5.74, 6) is -2.57. The van der Waals surface area contributed by atoms with Gasteiger partial charge in [-0.1, -0.05) is 13.2 Å². The minimum absolute atomic E-state index is 0.0632. The Hall–Kier alpha value is -1.55. The van der Waals surface area contributed by atoms with Crippen molar-refractivity contribution in [3.63, 3.8) is 0 Å². The molecule has 1 spiro atoms. The first-order valence-corrected chi connectivity index (χ1v) is 9.46. The molecule has 7 atom stereocenters. The van der Waals surface area contributed by atoms with E-state index in [-0.39, 0.29) is 31.6 Å². The average Bonchev–Trinajstić information content (AvgIpc) is 3.14. The van der Waals surface area contributed by atoms with Crippen LogP contribution in [0, 0.1) is 5.92 Å². The van der Waals surface area contributed by atoms with Crippen molar-refractivity contribution in [3.8, 4) is 0 Å². The Balaban J connectivity index is 1.76. The number of epoxide rings is 1. The highest BCUT2D eigenvalue weighted by molar-refractivity contribution is 5.91. The maximum Gasteiger partial charge on any atom is 0.334 e. The first-order valence-electron chi connectivity index (χ1n) is 9.46. The topological polar surface area (TPSA) is 118 Å². The lowest BCUT2D eigenvalue weighted by Crippen LogP contribution is -2.48. The van der Waals surface area contributed by atoms with Crippen molar-refractivity contribution in [2.75, 3.05) is 13.2 Å². The number of hydrogen-bond donors (Lipinski definition) is 3. The van der Waals surface area contributed by atoms with Crippen LogP contribution in [0.1, 0.15) is 26.2 Å². The molecule has 5 rings (SSSR count). The van der Waals surface area contributed by atoms with Crippen molar-refractivity contribution in [1.82, 2.24) is 0 Å². The SMILES string of the molecule is C=C(CO)C(C)OC1CC23OC2(O)CCC(=CC2OC(=O)C(=C)C21)COC3O. The molecule has 0 saturated carbocycles. The molecule has 0 amide bonds. The zero-order valence-corrected chi connectivity index (χ0v) is 15.8. The van der Waals surface area contributed by atoms with E-state index in [1.807, 2.05) is 0 Å². The molecule has 0 aromatic carbocycles. The van der Waals surface area contributed by atoms with Gasteiger partial charge >= 0.3 is 5.97 Å². The predicted molar refractivity (Wildman–Crippen MR) is 95.7 cm³/mol. The molecular weight excluding hydrogens is 368 g/mol. The fraction of sp³-hybridized carbons (Fsp3) is 0.650. The molecule has 8 heteroatoms. The first kappa shape index (κ1) is 19.8. The van der Waals surface area contributed by atoms with Gasteiger partial charge in [0.25, 0.3) is 0 Å². The summed E-state index contributed by atoms with van der Waals surface area (Å²) in [6.07, 6.45) is -0.535. The summed E-state index contributed by atoms with van der Waals surface area (Å²) >= 11 is 0. The van der Waals surface area contributed by atoms with Crippen LogP contribution in [0.25, 0.3) is 0 Å². The average molecular weight is 394 g/mol. The van der Waals surface area contributed by atoms with Crippen LogP contribution in [-0.4, -0.2) is 70.5 Å². The Labute approximate surface area is 163 Å². The largest absolute Gasteiger partial charge is 0.454 e. The number of aliphatic hydroxyl groups excluding tert-OH is 2. The van der Waals surface area contributed by atoms with E-state index in [9.17, 15) is 20.1 Å². The number of carbonyl (C=O) groups excluding carboxylic acids is 1. The molecule has 3 N–H and O–H groups in total. The van der Waals surface area contributed by atoms with E-state index in [1.165, 1.54) is 0 Å². The van der Waals surface area contributed by atoms with Gasteiger partial charge in [0.05, 0.1) is 31.3 Å². The molecule has 1 aliphatic carbocycles. The highest BCUT2D eigenvalue weighted by atomic mass is 16.8. The van der Waals surface area contributed by atoms with Gasteiger partial charge < -0.3 is 34.3 Å². The Bertz CT molecular complexity index is 744. The van der Waals surface area contributed by atoms with Gasteiger partial charge in [0, 0.05) is 18.4 Å². The molecule has 0 aromatic rings. The van der Waals surface area contributed by atoms with Crippen LogP contribution < -0.4 is 0 Å². The van der Waals surface area contributed by atoms with Crippen LogP contribution in [0.15, 0.2) is 36.0 Å². The zero-order valence-electron chi connectivity index (χ0n) is 15.8. The van der Waals surface area contributed by atoms with Crippen LogP contribution in [0.3, 0.4) is 0 Å². The lowest BCUT2D eigenvalue weighted by molar-refractivity contribution is -0.161. The highest BCUT2D eigenvalue weighted by Crippen LogP contribution is 2.58. The minimum Gasteiger partial charge on any atom is -0.454 e. The van der Waals surface area contributed by atoms with Crippen molar-refractivity contribution >= 4 is 5.97 Å². The van der Waals surface area contributed by atoms with Gasteiger partial charge in [0.2, 0.25) is 5.79 Å². The number of aliphatic hydroxyl groups is 3. The molecule has 3 saturated heterocycles. The van der Waals surface area contributed by atoms with Crippen LogP contribution in [0.5, 0.6) is 0 Å².